The van der Waals surface area contributed by atoms with Crippen LogP contribution < -0.4 is 10.6 Å². The van der Waals surface area contributed by atoms with Crippen molar-refractivity contribution >= 4 is 39.5 Å². The first-order chi connectivity index (χ1) is 15.1. The van der Waals surface area contributed by atoms with Crippen molar-refractivity contribution in [3.63, 3.8) is 0 Å². The van der Waals surface area contributed by atoms with Crippen LogP contribution in [0.4, 0.5) is 18.0 Å². The molecule has 8 nitrogen and oxygen atoms in total. The van der Waals surface area contributed by atoms with Crippen LogP contribution in [0.2, 0.25) is 0 Å². The zero-order chi connectivity index (χ0) is 23.3. The molecule has 0 aliphatic carbocycles. The smallest absolute Gasteiger partial charge is 0.417 e. The fourth-order valence-corrected chi connectivity index (χ4v) is 3.73. The number of amides is 2. The maximum absolute atomic E-state index is 13.1. The van der Waals surface area contributed by atoms with E-state index in [-0.39, 0.29) is 21.7 Å². The molecule has 0 aliphatic rings. The van der Waals surface area contributed by atoms with Gasteiger partial charge >= 0.3 is 18.2 Å². The van der Waals surface area contributed by atoms with E-state index in [9.17, 15) is 32.7 Å². The number of carbonyl (C=O) groups excluding carboxylic acids is 2. The molecule has 0 aliphatic heterocycles. The van der Waals surface area contributed by atoms with Crippen molar-refractivity contribution < 1.29 is 37.4 Å². The van der Waals surface area contributed by atoms with Crippen LogP contribution in [0.5, 0.6) is 0 Å². The summed E-state index contributed by atoms with van der Waals surface area (Å²) in [7, 11) is 0. The van der Waals surface area contributed by atoms with Gasteiger partial charge in [-0.1, -0.05) is 30.3 Å². The van der Waals surface area contributed by atoms with Gasteiger partial charge in [0.25, 0.3) is 5.91 Å². The Morgan fingerprint density at radius 1 is 1.16 bits per heavy atom. The molecular weight excluding hydrogens is 451 g/mol. The first kappa shape index (κ1) is 23.0. The number of nitrogens with one attached hydrogen (secondary N) is 2. The van der Waals surface area contributed by atoms with Crippen LogP contribution in [0.15, 0.2) is 48.7 Å². The van der Waals surface area contributed by atoms with Crippen molar-refractivity contribution in [2.45, 2.75) is 18.8 Å². The number of benzene rings is 1. The second kappa shape index (κ2) is 9.64. The van der Waals surface area contributed by atoms with Crippen molar-refractivity contribution in [2.75, 3.05) is 6.54 Å². The molecule has 12 heteroatoms. The summed E-state index contributed by atoms with van der Waals surface area (Å²) in [5.74, 6) is -2.23. The molecule has 32 heavy (non-hydrogen) atoms. The summed E-state index contributed by atoms with van der Waals surface area (Å²) in [4.78, 5) is 39.4. The molecule has 1 unspecified atom stereocenters. The Morgan fingerprint density at radius 2 is 1.88 bits per heavy atom. The molecule has 3 N–H and O–H groups in total. The van der Waals surface area contributed by atoms with Gasteiger partial charge in [-0.25, -0.2) is 9.59 Å². The van der Waals surface area contributed by atoms with Crippen LogP contribution >= 0.6 is 11.3 Å². The molecule has 0 bridgehead atoms. The Hall–Kier alpha value is -3.67. The molecule has 2 amide bonds. The number of alkyl halides is 3. The molecule has 3 rings (SSSR count). The molecule has 0 fully saturated rings. The highest BCUT2D eigenvalue weighted by Gasteiger charge is 2.34. The van der Waals surface area contributed by atoms with E-state index in [4.69, 9.17) is 4.74 Å². The van der Waals surface area contributed by atoms with E-state index in [1.54, 1.807) is 30.3 Å². The summed E-state index contributed by atoms with van der Waals surface area (Å²) in [6, 6.07) is 9.18. The number of carboxylic acid groups (broad SMARTS) is 1. The normalized spacial score (nSPS) is 12.2. The number of thiophene rings is 1. The van der Waals surface area contributed by atoms with E-state index >= 15 is 0 Å². The fraction of sp³-hybridized carbons (Fsp3) is 0.200. The van der Waals surface area contributed by atoms with Crippen LogP contribution in [-0.4, -0.2) is 40.6 Å². The third-order valence-corrected chi connectivity index (χ3v) is 5.37. The number of fused-ring (bicyclic) bond motifs is 1. The quantitative estimate of drug-likeness (QED) is 0.490. The van der Waals surface area contributed by atoms with Crippen LogP contribution in [0.1, 0.15) is 20.8 Å². The number of ether oxygens (including phenoxy) is 1. The van der Waals surface area contributed by atoms with Crippen LogP contribution in [-0.2, 0) is 22.3 Å². The molecule has 0 spiro atoms. The molecule has 0 saturated carbocycles. The van der Waals surface area contributed by atoms with Gasteiger partial charge in [-0.2, -0.15) is 13.2 Å². The lowest BCUT2D eigenvalue weighted by atomic mass is 10.2. The van der Waals surface area contributed by atoms with E-state index in [1.807, 2.05) is 0 Å². The number of carbonyl (C=O) groups is 3. The molecule has 1 atom stereocenters. The molecule has 3 aromatic rings. The van der Waals surface area contributed by atoms with E-state index in [2.05, 4.69) is 15.6 Å². The SMILES string of the molecule is O=C(NC(CNC(=O)c1cc2nccc(C(F)(F)F)c2s1)C(=O)O)OCc1ccccc1. The summed E-state index contributed by atoms with van der Waals surface area (Å²) in [5.41, 5.74) is -0.232. The van der Waals surface area contributed by atoms with Gasteiger partial charge in [0.1, 0.15) is 12.6 Å². The third kappa shape index (κ3) is 5.72. The van der Waals surface area contributed by atoms with Crippen molar-refractivity contribution in [3.8, 4) is 0 Å². The van der Waals surface area contributed by atoms with Gasteiger partial charge in [-0.05, 0) is 17.7 Å². The number of pyridine rings is 1. The highest BCUT2D eigenvalue weighted by Crippen LogP contribution is 2.37. The van der Waals surface area contributed by atoms with Crippen LogP contribution in [0.25, 0.3) is 10.2 Å². The summed E-state index contributed by atoms with van der Waals surface area (Å²) in [5, 5.41) is 13.7. The molecule has 0 radical (unpaired) electrons. The van der Waals surface area contributed by atoms with Gasteiger partial charge in [0.05, 0.1) is 20.7 Å². The number of aromatic nitrogens is 1. The lowest BCUT2D eigenvalue weighted by Gasteiger charge is -2.15. The predicted octanol–water partition coefficient (Wildman–Crippen LogP) is 3.42. The molecule has 168 valence electrons. The number of hydrogen-bond donors (Lipinski definition) is 3. The highest BCUT2D eigenvalue weighted by atomic mass is 32.1. The predicted molar refractivity (Wildman–Crippen MR) is 108 cm³/mol. The number of carboxylic acids is 1. The summed E-state index contributed by atoms with van der Waals surface area (Å²) >= 11 is 0.585. The van der Waals surface area contributed by atoms with Gasteiger partial charge in [-0.3, -0.25) is 9.78 Å². The Bertz CT molecular complexity index is 1130. The lowest BCUT2D eigenvalue weighted by Crippen LogP contribution is -2.48. The van der Waals surface area contributed by atoms with Crippen molar-refractivity contribution in [1.82, 2.24) is 15.6 Å². The van der Waals surface area contributed by atoms with E-state index in [0.717, 1.165) is 12.3 Å². The summed E-state index contributed by atoms with van der Waals surface area (Å²) in [6.07, 6.45) is -4.63. The minimum absolute atomic E-state index is 0.00706. The Balaban J connectivity index is 1.61. The van der Waals surface area contributed by atoms with E-state index in [1.165, 1.54) is 6.07 Å². The lowest BCUT2D eigenvalue weighted by molar-refractivity contribution is -0.139. The Labute approximate surface area is 183 Å². The first-order valence-electron chi connectivity index (χ1n) is 9.09. The standard InChI is InChI=1S/C20H16F3N3O5S/c21-20(22,23)12-6-7-24-13-8-15(32-16(12)13)17(27)25-9-14(18(28)29)26-19(30)31-10-11-4-2-1-3-5-11/h1-8,14H,9-10H2,(H,25,27)(H,26,30)(H,28,29). The number of alkyl carbamates (subject to hydrolysis) is 1. The number of hydrogen-bond acceptors (Lipinski definition) is 6. The maximum Gasteiger partial charge on any atom is 0.417 e. The minimum Gasteiger partial charge on any atom is -0.480 e. The van der Waals surface area contributed by atoms with E-state index < -0.39 is 42.3 Å². The Kier molecular flexibility index (Phi) is 6.93. The summed E-state index contributed by atoms with van der Waals surface area (Å²) in [6.45, 7) is -0.593. The largest absolute Gasteiger partial charge is 0.480 e. The molecule has 1 aromatic carbocycles. The van der Waals surface area contributed by atoms with Gasteiger partial charge in [0, 0.05) is 12.7 Å². The van der Waals surface area contributed by atoms with Gasteiger partial charge in [0.15, 0.2) is 0 Å². The first-order valence-corrected chi connectivity index (χ1v) is 9.91. The van der Waals surface area contributed by atoms with Gasteiger partial charge in [0.2, 0.25) is 0 Å². The van der Waals surface area contributed by atoms with Crippen molar-refractivity contribution in [2.24, 2.45) is 0 Å². The highest BCUT2D eigenvalue weighted by molar-refractivity contribution is 7.21. The zero-order valence-corrected chi connectivity index (χ0v) is 17.0. The third-order valence-electron chi connectivity index (χ3n) is 4.21. The zero-order valence-electron chi connectivity index (χ0n) is 16.2. The number of rotatable bonds is 7. The second-order valence-corrected chi connectivity index (χ2v) is 7.54. The van der Waals surface area contributed by atoms with Gasteiger partial charge < -0.3 is 20.5 Å². The average molecular weight is 467 g/mol. The monoisotopic (exact) mass is 467 g/mol. The molecule has 2 heterocycles. The second-order valence-electron chi connectivity index (χ2n) is 6.49. The van der Waals surface area contributed by atoms with E-state index in [0.29, 0.717) is 16.9 Å². The van der Waals surface area contributed by atoms with Crippen molar-refractivity contribution in [1.29, 1.82) is 0 Å². The number of aliphatic carboxylic acids is 1. The molecule has 2 aromatic heterocycles. The van der Waals surface area contributed by atoms with Gasteiger partial charge in [-0.15, -0.1) is 11.3 Å². The minimum atomic E-state index is -4.61. The number of halogens is 3. The van der Waals surface area contributed by atoms with Crippen molar-refractivity contribution in [3.05, 3.63) is 64.7 Å². The summed E-state index contributed by atoms with van der Waals surface area (Å²) < 4.78 is 44.1. The molecule has 0 saturated heterocycles. The average Bonchev–Trinajstić information content (AvgIpc) is 3.19. The molecular formula is C20H16F3N3O5S. The van der Waals surface area contributed by atoms with Crippen LogP contribution in [0.3, 0.4) is 0 Å². The van der Waals surface area contributed by atoms with Crippen LogP contribution in [0, 0.1) is 0 Å². The fourth-order valence-electron chi connectivity index (χ4n) is 2.66. The Morgan fingerprint density at radius 3 is 2.53 bits per heavy atom. The number of nitrogens with zero attached hydrogens (tertiary/aromatic N) is 1. The maximum atomic E-state index is 13.1. The topological polar surface area (TPSA) is 118 Å².